The van der Waals surface area contributed by atoms with Gasteiger partial charge in [0.25, 0.3) is 0 Å². The summed E-state index contributed by atoms with van der Waals surface area (Å²) in [7, 11) is 0. The number of carbonyl (C=O) groups is 1. The first kappa shape index (κ1) is 29.3. The first-order valence-corrected chi connectivity index (χ1v) is 7.05. The van der Waals surface area contributed by atoms with Gasteiger partial charge in [-0.2, -0.15) is 70.2 Å². The molecule has 0 N–H and O–H groups in total. The number of alkyl halides is 17. The molecule has 0 spiro atoms. The zero-order valence-corrected chi connectivity index (χ0v) is 14.0. The lowest BCUT2D eigenvalue weighted by molar-refractivity contribution is -0.457. The smallest absolute Gasteiger partial charge is 0.385 e. The first-order valence-electron chi connectivity index (χ1n) is 7.05. The summed E-state index contributed by atoms with van der Waals surface area (Å²) >= 11 is 0. The molecule has 2 nitrogen and oxygen atoms in total. The molecule has 0 aliphatic heterocycles. The Bertz CT molecular complexity index is 683. The highest BCUT2D eigenvalue weighted by molar-refractivity contribution is 5.75. The van der Waals surface area contributed by atoms with Crippen LogP contribution in [-0.2, 0) is 4.79 Å². The van der Waals surface area contributed by atoms with Crippen molar-refractivity contribution in [3.8, 4) is 0 Å². The second-order valence-corrected chi connectivity index (χ2v) is 5.81. The standard InChI is InChI=1S/C12H7F17O2/c1-2-3(13)5(14,15)7(18,19)9(22,23)11(26,27)12(28,29)10(24,25)8(20,21)6(16,17)4(30)31/h3H,2H2,1H3,(H,30,31)/p-1. The van der Waals surface area contributed by atoms with Crippen molar-refractivity contribution in [2.24, 2.45) is 0 Å². The zero-order valence-electron chi connectivity index (χ0n) is 14.0. The summed E-state index contributed by atoms with van der Waals surface area (Å²) in [6.07, 6.45) is -6.37. The van der Waals surface area contributed by atoms with Crippen LogP contribution in [0.2, 0.25) is 0 Å². The molecule has 0 heterocycles. The molecule has 0 bridgehead atoms. The summed E-state index contributed by atoms with van der Waals surface area (Å²) in [6.45, 7) is 0.219. The molecule has 0 rings (SSSR count). The van der Waals surface area contributed by atoms with Crippen LogP contribution in [0, 0.1) is 0 Å². The molecular weight excluding hydrogens is 499 g/mol. The zero-order chi connectivity index (χ0) is 25.9. The van der Waals surface area contributed by atoms with Crippen LogP contribution >= 0.6 is 0 Å². The topological polar surface area (TPSA) is 40.1 Å². The van der Waals surface area contributed by atoms with E-state index in [9.17, 15) is 84.5 Å². The second-order valence-electron chi connectivity index (χ2n) is 5.81. The summed E-state index contributed by atoms with van der Waals surface area (Å²) in [5.41, 5.74) is 0. The van der Waals surface area contributed by atoms with Crippen LogP contribution in [-0.4, -0.2) is 59.5 Å². The Kier molecular flexibility index (Phi) is 7.00. The minimum Gasteiger partial charge on any atom is -0.544 e. The van der Waals surface area contributed by atoms with Gasteiger partial charge in [0, 0.05) is 0 Å². The van der Waals surface area contributed by atoms with Crippen molar-refractivity contribution in [3.05, 3.63) is 0 Å². The van der Waals surface area contributed by atoms with Gasteiger partial charge in [0.1, 0.15) is 5.97 Å². The van der Waals surface area contributed by atoms with E-state index in [0.29, 0.717) is 0 Å². The maximum absolute atomic E-state index is 13.3. The Labute approximate surface area is 159 Å². The highest BCUT2D eigenvalue weighted by Gasteiger charge is 2.95. The SMILES string of the molecule is CCC(F)C(F)(F)C(F)(F)C(F)(F)C(F)(F)C(F)(F)C(F)(F)C(F)(F)C(F)(F)C(=O)[O-]. The molecule has 0 aromatic heterocycles. The lowest BCUT2D eigenvalue weighted by Crippen LogP contribution is -2.76. The summed E-state index contributed by atoms with van der Waals surface area (Å²) in [5.74, 6) is -69.9. The van der Waals surface area contributed by atoms with Gasteiger partial charge in [-0.25, -0.2) is 4.39 Å². The Morgan fingerprint density at radius 3 is 1.13 bits per heavy atom. The van der Waals surface area contributed by atoms with Gasteiger partial charge in [-0.3, -0.25) is 0 Å². The number of aliphatic carboxylic acids is 1. The number of carboxylic acids is 1. The highest BCUT2D eigenvalue weighted by atomic mass is 19.4. The van der Waals surface area contributed by atoms with Gasteiger partial charge in [0.2, 0.25) is 0 Å². The molecule has 186 valence electrons. The van der Waals surface area contributed by atoms with E-state index in [4.69, 9.17) is 0 Å². The molecule has 0 fully saturated rings. The highest BCUT2D eigenvalue weighted by Crippen LogP contribution is 2.64. The number of carboxylic acid groups (broad SMARTS) is 1. The third-order valence-corrected chi connectivity index (χ3v) is 3.79. The van der Waals surface area contributed by atoms with E-state index in [1.807, 2.05) is 0 Å². The van der Waals surface area contributed by atoms with E-state index in [0.717, 1.165) is 0 Å². The quantitative estimate of drug-likeness (QED) is 0.409. The number of hydrogen-bond acceptors (Lipinski definition) is 2. The van der Waals surface area contributed by atoms with Gasteiger partial charge in [0.05, 0.1) is 0 Å². The maximum Gasteiger partial charge on any atom is 0.385 e. The van der Waals surface area contributed by atoms with Crippen LogP contribution in [0.3, 0.4) is 0 Å². The van der Waals surface area contributed by atoms with Crippen molar-refractivity contribution in [2.75, 3.05) is 0 Å². The fourth-order valence-corrected chi connectivity index (χ4v) is 1.78. The van der Waals surface area contributed by atoms with Crippen LogP contribution in [0.15, 0.2) is 0 Å². The summed E-state index contributed by atoms with van der Waals surface area (Å²) < 4.78 is 223. The molecule has 19 heteroatoms. The molecule has 0 aliphatic rings. The third-order valence-electron chi connectivity index (χ3n) is 3.79. The van der Waals surface area contributed by atoms with Crippen LogP contribution < -0.4 is 5.11 Å². The van der Waals surface area contributed by atoms with Gasteiger partial charge >= 0.3 is 47.4 Å². The predicted octanol–water partition coefficient (Wildman–Crippen LogP) is 4.57. The molecule has 0 saturated carbocycles. The number of halogens is 17. The van der Waals surface area contributed by atoms with Crippen molar-refractivity contribution in [2.45, 2.75) is 66.9 Å². The van der Waals surface area contributed by atoms with E-state index < -0.39 is 65.9 Å². The second kappa shape index (κ2) is 7.41. The molecule has 31 heavy (non-hydrogen) atoms. The van der Waals surface area contributed by atoms with E-state index >= 15 is 0 Å². The largest absolute Gasteiger partial charge is 0.544 e. The average molecular weight is 505 g/mol. The summed E-state index contributed by atoms with van der Waals surface area (Å²) in [4.78, 5) is 9.77. The van der Waals surface area contributed by atoms with Gasteiger partial charge < -0.3 is 9.90 Å². The molecule has 0 aromatic carbocycles. The van der Waals surface area contributed by atoms with Crippen LogP contribution in [0.4, 0.5) is 74.6 Å². The van der Waals surface area contributed by atoms with E-state index in [2.05, 4.69) is 0 Å². The van der Waals surface area contributed by atoms with Crippen molar-refractivity contribution in [1.82, 2.24) is 0 Å². The molecule has 1 atom stereocenters. The van der Waals surface area contributed by atoms with Gasteiger partial charge in [-0.1, -0.05) is 6.92 Å². The third kappa shape index (κ3) is 3.45. The lowest BCUT2D eigenvalue weighted by Gasteiger charge is -2.44. The molecule has 0 amide bonds. The van der Waals surface area contributed by atoms with Crippen molar-refractivity contribution >= 4 is 5.97 Å². The average Bonchev–Trinajstić information content (AvgIpc) is 2.59. The van der Waals surface area contributed by atoms with E-state index in [1.54, 1.807) is 0 Å². The van der Waals surface area contributed by atoms with Crippen LogP contribution in [0.5, 0.6) is 0 Å². The van der Waals surface area contributed by atoms with Gasteiger partial charge in [0.15, 0.2) is 6.17 Å². The van der Waals surface area contributed by atoms with Gasteiger partial charge in [-0.15, -0.1) is 0 Å². The minimum absolute atomic E-state index is 0.219. The van der Waals surface area contributed by atoms with Gasteiger partial charge in [-0.05, 0) is 6.42 Å². The Morgan fingerprint density at radius 1 is 0.613 bits per heavy atom. The van der Waals surface area contributed by atoms with E-state index in [-0.39, 0.29) is 6.92 Å². The molecule has 0 aliphatic carbocycles. The molecular formula is C12H6F17O2-. The Balaban J connectivity index is 6.87. The molecule has 1 unspecified atom stereocenters. The Hall–Kier alpha value is -1.72. The predicted molar refractivity (Wildman–Crippen MR) is 59.8 cm³/mol. The molecule has 0 aromatic rings. The van der Waals surface area contributed by atoms with Crippen LogP contribution in [0.25, 0.3) is 0 Å². The van der Waals surface area contributed by atoms with Crippen molar-refractivity contribution in [1.29, 1.82) is 0 Å². The van der Waals surface area contributed by atoms with E-state index in [1.165, 1.54) is 0 Å². The molecule has 0 saturated heterocycles. The summed E-state index contributed by atoms with van der Waals surface area (Å²) in [6, 6.07) is 0. The normalized spacial score (nSPS) is 17.0. The Morgan fingerprint density at radius 2 is 0.871 bits per heavy atom. The lowest BCUT2D eigenvalue weighted by atomic mass is 9.86. The number of rotatable bonds is 10. The first-order chi connectivity index (χ1) is 13.2. The molecule has 0 radical (unpaired) electrons. The fraction of sp³-hybridized carbons (Fsp3) is 0.917. The van der Waals surface area contributed by atoms with Crippen molar-refractivity contribution < 1.29 is 84.5 Å². The summed E-state index contributed by atoms with van der Waals surface area (Å²) in [5, 5.41) is 9.77. The van der Waals surface area contributed by atoms with Crippen LogP contribution in [0.1, 0.15) is 13.3 Å². The maximum atomic E-state index is 13.3. The minimum atomic E-state index is -8.76. The number of hydrogen-bond donors (Lipinski definition) is 0. The fourth-order valence-electron chi connectivity index (χ4n) is 1.78. The van der Waals surface area contributed by atoms with Crippen molar-refractivity contribution in [3.63, 3.8) is 0 Å². The number of carbonyl (C=O) groups excluding carboxylic acids is 1. The monoisotopic (exact) mass is 505 g/mol.